The number of nitrogens with two attached hydrogens (primary N) is 1. The lowest BCUT2D eigenvalue weighted by Gasteiger charge is -2.34. The van der Waals surface area contributed by atoms with Crippen LogP contribution in [0.2, 0.25) is 0 Å². The van der Waals surface area contributed by atoms with Gasteiger partial charge < -0.3 is 15.4 Å². The van der Waals surface area contributed by atoms with Gasteiger partial charge >= 0.3 is 0 Å². The number of hydrogen-bond donors (Lipinski definition) is 2. The molecule has 3 rings (SSSR count). The van der Waals surface area contributed by atoms with Gasteiger partial charge in [-0.25, -0.2) is 9.97 Å². The van der Waals surface area contributed by atoms with E-state index in [4.69, 9.17) is 15.9 Å². The molecule has 1 saturated heterocycles. The largest absolute Gasteiger partial charge is 0.385 e. The minimum Gasteiger partial charge on any atom is -0.385 e. The third kappa shape index (κ3) is 2.40. The summed E-state index contributed by atoms with van der Waals surface area (Å²) in [4.78, 5) is 11.0. The van der Waals surface area contributed by atoms with E-state index in [0.29, 0.717) is 13.2 Å². The smallest absolute Gasteiger partial charge is 0.135 e. The van der Waals surface area contributed by atoms with Crippen LogP contribution < -0.4 is 10.6 Å². The second kappa shape index (κ2) is 5.13. The van der Waals surface area contributed by atoms with Gasteiger partial charge in [0.2, 0.25) is 0 Å². The molecule has 3 N–H and O–H groups in total. The van der Waals surface area contributed by atoms with Crippen molar-refractivity contribution in [1.29, 1.82) is 5.41 Å². The highest BCUT2D eigenvalue weighted by Crippen LogP contribution is 2.28. The van der Waals surface area contributed by atoms with Crippen LogP contribution >= 0.6 is 0 Å². The third-order valence-electron chi connectivity index (χ3n) is 3.82. The van der Waals surface area contributed by atoms with E-state index in [1.54, 1.807) is 6.33 Å². The number of aromatic nitrogens is 2. The maximum atomic E-state index is 7.52. The van der Waals surface area contributed by atoms with Crippen molar-refractivity contribution in [3.8, 4) is 0 Å². The average molecular weight is 261 g/mol. The molecule has 6 nitrogen and oxygen atoms in total. The molecule has 1 unspecified atom stereocenters. The van der Waals surface area contributed by atoms with E-state index in [-0.39, 0.29) is 11.9 Å². The maximum absolute atomic E-state index is 7.52. The lowest BCUT2D eigenvalue weighted by atomic mass is 9.96. The van der Waals surface area contributed by atoms with Crippen molar-refractivity contribution in [2.75, 3.05) is 24.6 Å². The standard InChI is InChI=1S/C13H19N5O/c14-12(15)11-7-18(5-6-19-11)13-9-3-1-2-4-10(9)16-8-17-13/h8,11H,1-7H2,(H3,14,15). The summed E-state index contributed by atoms with van der Waals surface area (Å²) in [6.07, 6.45) is 5.84. The molecule has 0 amide bonds. The van der Waals surface area contributed by atoms with Crippen LogP contribution in [0, 0.1) is 5.41 Å². The number of anilines is 1. The van der Waals surface area contributed by atoms with Crippen LogP contribution in [0.5, 0.6) is 0 Å². The molecule has 0 spiro atoms. The van der Waals surface area contributed by atoms with Crippen molar-refractivity contribution in [3.63, 3.8) is 0 Å². The minimum absolute atomic E-state index is 0.0904. The van der Waals surface area contributed by atoms with Gasteiger partial charge in [-0.3, -0.25) is 5.41 Å². The monoisotopic (exact) mass is 261 g/mol. The van der Waals surface area contributed by atoms with Crippen LogP contribution in [0.15, 0.2) is 6.33 Å². The second-order valence-electron chi connectivity index (χ2n) is 5.09. The van der Waals surface area contributed by atoms with Gasteiger partial charge in [-0.05, 0) is 25.7 Å². The summed E-state index contributed by atoms with van der Waals surface area (Å²) in [5.74, 6) is 1.10. The fourth-order valence-corrected chi connectivity index (χ4v) is 2.81. The molecular formula is C13H19N5O. The van der Waals surface area contributed by atoms with Gasteiger partial charge in [-0.1, -0.05) is 0 Å². The number of rotatable bonds is 2. The number of nitrogens with zero attached hydrogens (tertiary/aromatic N) is 3. The molecule has 1 atom stereocenters. The maximum Gasteiger partial charge on any atom is 0.135 e. The second-order valence-corrected chi connectivity index (χ2v) is 5.09. The highest BCUT2D eigenvalue weighted by Gasteiger charge is 2.26. The quantitative estimate of drug-likeness (QED) is 0.598. The zero-order valence-electron chi connectivity index (χ0n) is 10.9. The number of aryl methyl sites for hydroxylation is 1. The summed E-state index contributed by atoms with van der Waals surface area (Å²) in [5, 5.41) is 7.52. The Bertz CT molecular complexity index is 490. The summed E-state index contributed by atoms with van der Waals surface area (Å²) >= 11 is 0. The van der Waals surface area contributed by atoms with E-state index in [2.05, 4.69) is 14.9 Å². The molecule has 0 aromatic carbocycles. The molecule has 6 heteroatoms. The first-order valence-electron chi connectivity index (χ1n) is 6.79. The van der Waals surface area contributed by atoms with Crippen molar-refractivity contribution in [3.05, 3.63) is 17.6 Å². The Hall–Kier alpha value is -1.69. The average Bonchev–Trinajstić information content (AvgIpc) is 2.47. The highest BCUT2D eigenvalue weighted by atomic mass is 16.5. The molecule has 1 aromatic heterocycles. The Balaban J connectivity index is 1.87. The molecule has 0 radical (unpaired) electrons. The molecule has 1 fully saturated rings. The van der Waals surface area contributed by atoms with Gasteiger partial charge in [0.15, 0.2) is 0 Å². The number of hydrogen-bond acceptors (Lipinski definition) is 5. The first-order chi connectivity index (χ1) is 9.25. The lowest BCUT2D eigenvalue weighted by molar-refractivity contribution is 0.0822. The van der Waals surface area contributed by atoms with Crippen molar-refractivity contribution in [1.82, 2.24) is 9.97 Å². The Labute approximate surface area is 112 Å². The van der Waals surface area contributed by atoms with E-state index in [1.165, 1.54) is 24.1 Å². The van der Waals surface area contributed by atoms with Gasteiger partial charge in [-0.2, -0.15) is 0 Å². The van der Waals surface area contributed by atoms with Gasteiger partial charge in [0.05, 0.1) is 13.2 Å². The van der Waals surface area contributed by atoms with Crippen LogP contribution in [0.3, 0.4) is 0 Å². The molecule has 1 aliphatic heterocycles. The van der Waals surface area contributed by atoms with Crippen molar-refractivity contribution >= 4 is 11.7 Å². The van der Waals surface area contributed by atoms with Crippen molar-refractivity contribution < 1.29 is 4.74 Å². The fourth-order valence-electron chi connectivity index (χ4n) is 2.81. The third-order valence-corrected chi connectivity index (χ3v) is 3.82. The first-order valence-corrected chi connectivity index (χ1v) is 6.79. The van der Waals surface area contributed by atoms with E-state index < -0.39 is 0 Å². The van der Waals surface area contributed by atoms with E-state index in [0.717, 1.165) is 25.2 Å². The van der Waals surface area contributed by atoms with Crippen LogP contribution in [-0.4, -0.2) is 41.6 Å². The lowest BCUT2D eigenvalue weighted by Crippen LogP contribution is -2.48. The molecule has 102 valence electrons. The summed E-state index contributed by atoms with van der Waals surface area (Å²) in [6, 6.07) is 0. The van der Waals surface area contributed by atoms with E-state index >= 15 is 0 Å². The zero-order chi connectivity index (χ0) is 13.2. The molecule has 0 bridgehead atoms. The number of fused-ring (bicyclic) bond motifs is 1. The van der Waals surface area contributed by atoms with Crippen molar-refractivity contribution in [2.45, 2.75) is 31.8 Å². The Morgan fingerprint density at radius 1 is 1.37 bits per heavy atom. The van der Waals surface area contributed by atoms with Gasteiger partial charge in [0, 0.05) is 17.8 Å². The predicted octanol–water partition coefficient (Wildman–Crippen LogP) is 0.497. The van der Waals surface area contributed by atoms with Crippen molar-refractivity contribution in [2.24, 2.45) is 5.73 Å². The summed E-state index contributed by atoms with van der Waals surface area (Å²) in [5.41, 5.74) is 8.00. The minimum atomic E-state index is -0.317. The highest BCUT2D eigenvalue weighted by molar-refractivity contribution is 5.82. The number of morpholine rings is 1. The van der Waals surface area contributed by atoms with Crippen LogP contribution in [0.25, 0.3) is 0 Å². The topological polar surface area (TPSA) is 88.1 Å². The Morgan fingerprint density at radius 2 is 2.21 bits per heavy atom. The first kappa shape index (κ1) is 12.3. The molecule has 2 aliphatic rings. The normalized spacial score (nSPS) is 22.9. The predicted molar refractivity (Wildman–Crippen MR) is 72.5 cm³/mol. The molecule has 1 aliphatic carbocycles. The van der Waals surface area contributed by atoms with Crippen LogP contribution in [-0.2, 0) is 17.6 Å². The molecule has 0 saturated carbocycles. The SMILES string of the molecule is N=C(N)C1CN(c2ncnc3c2CCCC3)CCO1. The number of ether oxygens (including phenoxy) is 1. The summed E-state index contributed by atoms with van der Waals surface area (Å²) in [7, 11) is 0. The molecule has 19 heavy (non-hydrogen) atoms. The summed E-state index contributed by atoms with van der Waals surface area (Å²) < 4.78 is 5.50. The zero-order valence-corrected chi connectivity index (χ0v) is 10.9. The van der Waals surface area contributed by atoms with Gasteiger partial charge in [0.25, 0.3) is 0 Å². The molecular weight excluding hydrogens is 242 g/mol. The van der Waals surface area contributed by atoms with Crippen LogP contribution in [0.4, 0.5) is 5.82 Å². The molecule has 2 heterocycles. The van der Waals surface area contributed by atoms with Crippen LogP contribution in [0.1, 0.15) is 24.1 Å². The number of nitrogens with one attached hydrogen (secondary N) is 1. The van der Waals surface area contributed by atoms with Gasteiger partial charge in [-0.15, -0.1) is 0 Å². The summed E-state index contributed by atoms with van der Waals surface area (Å²) in [6.45, 7) is 2.00. The Kier molecular flexibility index (Phi) is 3.33. The molecule has 1 aromatic rings. The Morgan fingerprint density at radius 3 is 3.05 bits per heavy atom. The fraction of sp³-hybridized carbons (Fsp3) is 0.615. The van der Waals surface area contributed by atoms with Gasteiger partial charge in [0.1, 0.15) is 24.1 Å². The number of amidine groups is 1. The van der Waals surface area contributed by atoms with E-state index in [9.17, 15) is 0 Å². The van der Waals surface area contributed by atoms with E-state index in [1.807, 2.05) is 0 Å².